The topological polar surface area (TPSA) is 33.2 Å². The van der Waals surface area contributed by atoms with Crippen molar-refractivity contribution in [3.05, 3.63) is 41.9 Å². The first-order valence-corrected chi connectivity index (χ1v) is 4.42. The predicted octanol–water partition coefficient (Wildman–Crippen LogP) is 1.65. The van der Waals surface area contributed by atoms with Crippen LogP contribution in [0.2, 0.25) is 0 Å². The molecule has 1 heterocycles. The summed E-state index contributed by atoms with van der Waals surface area (Å²) in [5.74, 6) is -0.0585. The van der Waals surface area contributed by atoms with E-state index in [9.17, 15) is 4.79 Å². The van der Waals surface area contributed by atoms with Crippen LogP contribution >= 0.6 is 0 Å². The second-order valence-corrected chi connectivity index (χ2v) is 3.31. The normalized spacial score (nSPS) is 10.5. The standard InChI is InChI=1S/C11H14N2O/c1-9-5-4-7-12-11(9)10(14)6-8-13(2)3/h4-8H,1-3H3. The van der Waals surface area contributed by atoms with Crippen LogP contribution in [0.4, 0.5) is 0 Å². The van der Waals surface area contributed by atoms with Gasteiger partial charge in [0.2, 0.25) is 5.78 Å². The van der Waals surface area contributed by atoms with Crippen LogP contribution in [0.5, 0.6) is 0 Å². The average molecular weight is 190 g/mol. The fourth-order valence-corrected chi connectivity index (χ4v) is 1.04. The van der Waals surface area contributed by atoms with Crippen LogP contribution < -0.4 is 0 Å². The summed E-state index contributed by atoms with van der Waals surface area (Å²) in [5.41, 5.74) is 1.42. The Morgan fingerprint density at radius 3 is 2.79 bits per heavy atom. The van der Waals surface area contributed by atoms with E-state index in [4.69, 9.17) is 0 Å². The van der Waals surface area contributed by atoms with Crippen LogP contribution in [-0.4, -0.2) is 29.8 Å². The lowest BCUT2D eigenvalue weighted by Gasteiger charge is -2.03. The van der Waals surface area contributed by atoms with Crippen LogP contribution in [0.25, 0.3) is 0 Å². The lowest BCUT2D eigenvalue weighted by molar-refractivity contribution is 0.104. The number of carbonyl (C=O) groups is 1. The number of aryl methyl sites for hydroxylation is 1. The van der Waals surface area contributed by atoms with Crippen LogP contribution in [0.1, 0.15) is 16.1 Å². The van der Waals surface area contributed by atoms with E-state index in [2.05, 4.69) is 4.98 Å². The molecule has 0 saturated heterocycles. The molecule has 0 unspecified atom stereocenters. The number of hydrogen-bond donors (Lipinski definition) is 0. The molecule has 0 atom stereocenters. The third-order valence-electron chi connectivity index (χ3n) is 1.77. The third-order valence-corrected chi connectivity index (χ3v) is 1.77. The smallest absolute Gasteiger partial charge is 0.205 e. The molecular formula is C11H14N2O. The van der Waals surface area contributed by atoms with Crippen molar-refractivity contribution in [2.24, 2.45) is 0 Å². The minimum atomic E-state index is -0.0585. The highest BCUT2D eigenvalue weighted by Crippen LogP contribution is 2.04. The quantitative estimate of drug-likeness (QED) is 0.536. The van der Waals surface area contributed by atoms with Crippen molar-refractivity contribution >= 4 is 5.78 Å². The maximum atomic E-state index is 11.6. The summed E-state index contributed by atoms with van der Waals surface area (Å²) in [5, 5.41) is 0. The second-order valence-electron chi connectivity index (χ2n) is 3.31. The van der Waals surface area contributed by atoms with Crippen molar-refractivity contribution in [3.63, 3.8) is 0 Å². The molecule has 0 aliphatic rings. The van der Waals surface area contributed by atoms with Crippen molar-refractivity contribution in [2.75, 3.05) is 14.1 Å². The van der Waals surface area contributed by atoms with Gasteiger partial charge in [-0.05, 0) is 18.6 Å². The van der Waals surface area contributed by atoms with E-state index in [1.165, 1.54) is 6.08 Å². The van der Waals surface area contributed by atoms with Gasteiger partial charge in [0.15, 0.2) is 0 Å². The summed E-state index contributed by atoms with van der Waals surface area (Å²) in [6.07, 6.45) is 4.87. The highest BCUT2D eigenvalue weighted by atomic mass is 16.1. The van der Waals surface area contributed by atoms with Gasteiger partial charge in [-0.2, -0.15) is 0 Å². The summed E-state index contributed by atoms with van der Waals surface area (Å²) in [6.45, 7) is 1.88. The summed E-state index contributed by atoms with van der Waals surface area (Å²) in [4.78, 5) is 17.4. The summed E-state index contributed by atoms with van der Waals surface area (Å²) >= 11 is 0. The van der Waals surface area contributed by atoms with Crippen molar-refractivity contribution in [2.45, 2.75) is 6.92 Å². The number of hydrogen-bond acceptors (Lipinski definition) is 3. The molecule has 14 heavy (non-hydrogen) atoms. The van der Waals surface area contributed by atoms with E-state index in [0.29, 0.717) is 5.69 Å². The number of allylic oxidation sites excluding steroid dienone is 1. The fourth-order valence-electron chi connectivity index (χ4n) is 1.04. The highest BCUT2D eigenvalue weighted by molar-refractivity contribution is 6.03. The first-order chi connectivity index (χ1) is 6.61. The van der Waals surface area contributed by atoms with Crippen molar-refractivity contribution in [1.82, 2.24) is 9.88 Å². The molecule has 0 radical (unpaired) electrons. The monoisotopic (exact) mass is 190 g/mol. The maximum absolute atomic E-state index is 11.6. The molecule has 0 N–H and O–H groups in total. The van der Waals surface area contributed by atoms with Gasteiger partial charge in [0.05, 0.1) is 0 Å². The van der Waals surface area contributed by atoms with E-state index < -0.39 is 0 Å². The van der Waals surface area contributed by atoms with Crippen LogP contribution in [-0.2, 0) is 0 Å². The summed E-state index contributed by atoms with van der Waals surface area (Å²) in [6, 6.07) is 3.70. The molecule has 0 fully saturated rings. The molecule has 0 bridgehead atoms. The van der Waals surface area contributed by atoms with Gasteiger partial charge in [-0.25, -0.2) is 0 Å². The number of nitrogens with zero attached hydrogens (tertiary/aromatic N) is 2. The van der Waals surface area contributed by atoms with Crippen LogP contribution in [0.15, 0.2) is 30.6 Å². The van der Waals surface area contributed by atoms with Gasteiger partial charge in [0.25, 0.3) is 0 Å². The number of carbonyl (C=O) groups excluding carboxylic acids is 1. The van der Waals surface area contributed by atoms with Crippen molar-refractivity contribution in [3.8, 4) is 0 Å². The van der Waals surface area contributed by atoms with Gasteiger partial charge in [-0.3, -0.25) is 9.78 Å². The molecule has 0 aliphatic carbocycles. The first kappa shape index (κ1) is 10.4. The predicted molar refractivity (Wildman–Crippen MR) is 56.1 cm³/mol. The number of rotatable bonds is 3. The molecule has 1 aromatic rings. The van der Waals surface area contributed by atoms with Crippen LogP contribution in [0.3, 0.4) is 0 Å². The Morgan fingerprint density at radius 1 is 1.50 bits per heavy atom. The Kier molecular flexibility index (Phi) is 3.40. The third kappa shape index (κ3) is 2.69. The Labute approximate surface area is 84.1 Å². The Morgan fingerprint density at radius 2 is 2.21 bits per heavy atom. The molecule has 0 amide bonds. The van der Waals surface area contributed by atoms with Gasteiger partial charge >= 0.3 is 0 Å². The first-order valence-electron chi connectivity index (χ1n) is 4.42. The largest absolute Gasteiger partial charge is 0.383 e. The molecular weight excluding hydrogens is 176 g/mol. The van der Waals surface area contributed by atoms with E-state index in [1.807, 2.05) is 38.1 Å². The molecule has 0 saturated carbocycles. The van der Waals surface area contributed by atoms with Gasteiger partial charge in [0.1, 0.15) is 5.69 Å². The Balaban J connectivity index is 2.85. The van der Waals surface area contributed by atoms with E-state index in [0.717, 1.165) is 5.56 Å². The fraction of sp³-hybridized carbons (Fsp3) is 0.273. The zero-order chi connectivity index (χ0) is 10.6. The molecule has 74 valence electrons. The Bertz CT molecular complexity index is 356. The lowest BCUT2D eigenvalue weighted by Crippen LogP contribution is -2.05. The van der Waals surface area contributed by atoms with E-state index in [1.54, 1.807) is 12.4 Å². The number of ketones is 1. The second kappa shape index (κ2) is 4.56. The minimum Gasteiger partial charge on any atom is -0.383 e. The van der Waals surface area contributed by atoms with Crippen LogP contribution in [0, 0.1) is 6.92 Å². The zero-order valence-electron chi connectivity index (χ0n) is 8.69. The zero-order valence-corrected chi connectivity index (χ0v) is 8.69. The minimum absolute atomic E-state index is 0.0585. The lowest BCUT2D eigenvalue weighted by atomic mass is 10.1. The van der Waals surface area contributed by atoms with Gasteiger partial charge in [-0.1, -0.05) is 6.07 Å². The molecule has 0 aliphatic heterocycles. The maximum Gasteiger partial charge on any atom is 0.205 e. The average Bonchev–Trinajstić information content (AvgIpc) is 2.15. The highest BCUT2D eigenvalue weighted by Gasteiger charge is 2.05. The molecule has 1 rings (SSSR count). The molecule has 0 spiro atoms. The number of aromatic nitrogens is 1. The molecule has 1 aromatic heterocycles. The van der Waals surface area contributed by atoms with E-state index in [-0.39, 0.29) is 5.78 Å². The SMILES string of the molecule is Cc1cccnc1C(=O)C=CN(C)C. The van der Waals surface area contributed by atoms with Gasteiger partial charge in [-0.15, -0.1) is 0 Å². The summed E-state index contributed by atoms with van der Waals surface area (Å²) in [7, 11) is 3.74. The van der Waals surface area contributed by atoms with E-state index >= 15 is 0 Å². The summed E-state index contributed by atoms with van der Waals surface area (Å²) < 4.78 is 0. The molecule has 3 nitrogen and oxygen atoms in total. The Hall–Kier alpha value is -1.64. The van der Waals surface area contributed by atoms with Gasteiger partial charge < -0.3 is 4.90 Å². The molecule has 0 aromatic carbocycles. The van der Waals surface area contributed by atoms with Gasteiger partial charge in [0, 0.05) is 32.6 Å². The van der Waals surface area contributed by atoms with Crippen molar-refractivity contribution < 1.29 is 4.79 Å². The van der Waals surface area contributed by atoms with Crippen molar-refractivity contribution in [1.29, 1.82) is 0 Å². The molecule has 3 heteroatoms. The number of pyridine rings is 1.